The molecule has 0 aliphatic heterocycles. The van der Waals surface area contributed by atoms with E-state index in [1.807, 2.05) is 25.3 Å². The van der Waals surface area contributed by atoms with E-state index in [1.54, 1.807) is 6.20 Å². The number of aromatic nitrogens is 1. The molecule has 2 aromatic heterocycles. The SMILES string of the molecule is Cc1csc(C(=O)NCc2cnoc2C)c1. The van der Waals surface area contributed by atoms with Gasteiger partial charge in [-0.05, 0) is 30.9 Å². The summed E-state index contributed by atoms with van der Waals surface area (Å²) in [6, 6.07) is 1.88. The van der Waals surface area contributed by atoms with Gasteiger partial charge in [-0.3, -0.25) is 4.79 Å². The molecule has 0 radical (unpaired) electrons. The van der Waals surface area contributed by atoms with Gasteiger partial charge in [0, 0.05) is 12.1 Å². The van der Waals surface area contributed by atoms with Gasteiger partial charge < -0.3 is 9.84 Å². The van der Waals surface area contributed by atoms with Crippen molar-refractivity contribution in [2.75, 3.05) is 0 Å². The summed E-state index contributed by atoms with van der Waals surface area (Å²) >= 11 is 1.45. The van der Waals surface area contributed by atoms with Crippen molar-refractivity contribution in [1.82, 2.24) is 10.5 Å². The maximum Gasteiger partial charge on any atom is 0.261 e. The third-order valence-corrected chi connectivity index (χ3v) is 3.29. The van der Waals surface area contributed by atoms with Crippen molar-refractivity contribution in [2.24, 2.45) is 0 Å². The van der Waals surface area contributed by atoms with Crippen LogP contribution in [0.15, 0.2) is 22.2 Å². The van der Waals surface area contributed by atoms with Gasteiger partial charge in [0.2, 0.25) is 0 Å². The molecule has 1 N–H and O–H groups in total. The Balaban J connectivity index is 1.96. The van der Waals surface area contributed by atoms with Crippen LogP contribution in [0.25, 0.3) is 0 Å². The lowest BCUT2D eigenvalue weighted by Gasteiger charge is -2.01. The standard InChI is InChI=1S/C11H12N2O2S/c1-7-3-10(16-6-7)11(14)12-4-9-5-13-15-8(9)2/h3,5-6H,4H2,1-2H3,(H,12,14). The van der Waals surface area contributed by atoms with Crippen LogP contribution in [0.4, 0.5) is 0 Å². The lowest BCUT2D eigenvalue weighted by Crippen LogP contribution is -2.21. The summed E-state index contributed by atoms with van der Waals surface area (Å²) in [5.41, 5.74) is 2.01. The number of aryl methyl sites for hydroxylation is 2. The highest BCUT2D eigenvalue weighted by molar-refractivity contribution is 7.12. The van der Waals surface area contributed by atoms with E-state index in [9.17, 15) is 4.79 Å². The number of nitrogens with zero attached hydrogens (tertiary/aromatic N) is 1. The van der Waals surface area contributed by atoms with Crippen molar-refractivity contribution in [3.8, 4) is 0 Å². The molecule has 0 aromatic carbocycles. The minimum atomic E-state index is -0.0568. The monoisotopic (exact) mass is 236 g/mol. The molecule has 0 saturated carbocycles. The predicted molar refractivity (Wildman–Crippen MR) is 61.5 cm³/mol. The fraction of sp³-hybridized carbons (Fsp3) is 0.273. The molecule has 0 saturated heterocycles. The topological polar surface area (TPSA) is 55.1 Å². The van der Waals surface area contributed by atoms with Crippen LogP contribution in [0, 0.1) is 13.8 Å². The van der Waals surface area contributed by atoms with Gasteiger partial charge in [-0.15, -0.1) is 11.3 Å². The van der Waals surface area contributed by atoms with Crippen LogP contribution in [-0.4, -0.2) is 11.1 Å². The Morgan fingerprint density at radius 3 is 2.94 bits per heavy atom. The number of nitrogens with one attached hydrogen (secondary N) is 1. The Morgan fingerprint density at radius 2 is 2.38 bits per heavy atom. The summed E-state index contributed by atoms with van der Waals surface area (Å²) in [5, 5.41) is 8.44. The highest BCUT2D eigenvalue weighted by atomic mass is 32.1. The maximum absolute atomic E-state index is 11.7. The third kappa shape index (κ3) is 2.30. The number of hydrogen-bond acceptors (Lipinski definition) is 4. The van der Waals surface area contributed by atoms with Crippen molar-refractivity contribution in [3.63, 3.8) is 0 Å². The normalized spacial score (nSPS) is 10.4. The van der Waals surface area contributed by atoms with Gasteiger partial charge >= 0.3 is 0 Å². The first-order valence-corrected chi connectivity index (χ1v) is 5.78. The smallest absolute Gasteiger partial charge is 0.261 e. The second-order valence-corrected chi connectivity index (χ2v) is 4.49. The van der Waals surface area contributed by atoms with Crippen molar-refractivity contribution < 1.29 is 9.32 Å². The first kappa shape index (κ1) is 10.9. The summed E-state index contributed by atoms with van der Waals surface area (Å²) in [6.45, 7) is 4.24. The molecule has 0 spiro atoms. The van der Waals surface area contributed by atoms with Crippen LogP contribution in [0.1, 0.15) is 26.6 Å². The van der Waals surface area contributed by atoms with E-state index in [-0.39, 0.29) is 5.91 Å². The molecular formula is C11H12N2O2S. The van der Waals surface area contributed by atoms with E-state index < -0.39 is 0 Å². The zero-order valence-corrected chi connectivity index (χ0v) is 9.93. The Hall–Kier alpha value is -1.62. The number of amides is 1. The minimum Gasteiger partial charge on any atom is -0.361 e. The molecule has 0 unspecified atom stereocenters. The van der Waals surface area contributed by atoms with E-state index >= 15 is 0 Å². The summed E-state index contributed by atoms with van der Waals surface area (Å²) < 4.78 is 4.91. The molecule has 0 aliphatic carbocycles. The average molecular weight is 236 g/mol. The molecule has 0 aliphatic rings. The minimum absolute atomic E-state index is 0.0568. The average Bonchev–Trinajstić information content (AvgIpc) is 2.84. The van der Waals surface area contributed by atoms with E-state index in [1.165, 1.54) is 11.3 Å². The number of carbonyl (C=O) groups is 1. The number of hydrogen-bond donors (Lipinski definition) is 1. The molecule has 84 valence electrons. The Kier molecular flexibility index (Phi) is 3.05. The zero-order chi connectivity index (χ0) is 11.5. The number of rotatable bonds is 3. The molecule has 1 amide bonds. The molecule has 0 atom stereocenters. The molecule has 16 heavy (non-hydrogen) atoms. The summed E-state index contributed by atoms with van der Waals surface area (Å²) in [6.07, 6.45) is 1.62. The zero-order valence-electron chi connectivity index (χ0n) is 9.11. The quantitative estimate of drug-likeness (QED) is 0.889. The van der Waals surface area contributed by atoms with Crippen LogP contribution < -0.4 is 5.32 Å². The number of carbonyl (C=O) groups excluding carboxylic acids is 1. The fourth-order valence-corrected chi connectivity index (χ4v) is 2.12. The molecule has 0 bridgehead atoms. The van der Waals surface area contributed by atoms with Crippen LogP contribution in [0.3, 0.4) is 0 Å². The summed E-state index contributed by atoms with van der Waals surface area (Å²) in [4.78, 5) is 12.4. The van der Waals surface area contributed by atoms with Gasteiger partial charge in [-0.2, -0.15) is 0 Å². The van der Waals surface area contributed by atoms with Gasteiger partial charge in [0.15, 0.2) is 0 Å². The molecular weight excluding hydrogens is 224 g/mol. The Bertz CT molecular complexity index is 502. The summed E-state index contributed by atoms with van der Waals surface area (Å²) in [5.74, 6) is 0.682. The fourth-order valence-electron chi connectivity index (χ4n) is 1.30. The van der Waals surface area contributed by atoms with Crippen LogP contribution in [-0.2, 0) is 6.54 Å². The molecule has 2 rings (SSSR count). The first-order valence-electron chi connectivity index (χ1n) is 4.90. The van der Waals surface area contributed by atoms with Crippen LogP contribution >= 0.6 is 11.3 Å². The largest absolute Gasteiger partial charge is 0.361 e. The molecule has 2 aromatic rings. The van der Waals surface area contributed by atoms with Crippen LogP contribution in [0.5, 0.6) is 0 Å². The second-order valence-electron chi connectivity index (χ2n) is 3.58. The summed E-state index contributed by atoms with van der Waals surface area (Å²) in [7, 11) is 0. The highest BCUT2D eigenvalue weighted by Crippen LogP contribution is 2.13. The van der Waals surface area contributed by atoms with Crippen LogP contribution in [0.2, 0.25) is 0 Å². The van der Waals surface area contributed by atoms with Crippen molar-refractivity contribution >= 4 is 17.2 Å². The van der Waals surface area contributed by atoms with Crippen molar-refractivity contribution in [1.29, 1.82) is 0 Å². The maximum atomic E-state index is 11.7. The highest BCUT2D eigenvalue weighted by Gasteiger charge is 2.09. The lowest BCUT2D eigenvalue weighted by molar-refractivity contribution is 0.0955. The van der Waals surface area contributed by atoms with Crippen molar-refractivity contribution in [3.05, 3.63) is 39.4 Å². The van der Waals surface area contributed by atoms with Crippen molar-refractivity contribution in [2.45, 2.75) is 20.4 Å². The van der Waals surface area contributed by atoms with Gasteiger partial charge in [0.05, 0.1) is 11.1 Å². The molecule has 4 nitrogen and oxygen atoms in total. The molecule has 2 heterocycles. The number of thiophene rings is 1. The Labute approximate surface area is 97.3 Å². The Morgan fingerprint density at radius 1 is 1.56 bits per heavy atom. The molecule has 5 heteroatoms. The first-order chi connectivity index (χ1) is 7.66. The van der Waals surface area contributed by atoms with E-state index in [0.717, 1.165) is 21.8 Å². The van der Waals surface area contributed by atoms with E-state index in [2.05, 4.69) is 10.5 Å². The lowest BCUT2D eigenvalue weighted by atomic mass is 10.2. The molecule has 0 fully saturated rings. The van der Waals surface area contributed by atoms with Gasteiger partial charge in [0.25, 0.3) is 5.91 Å². The van der Waals surface area contributed by atoms with E-state index in [0.29, 0.717) is 6.54 Å². The van der Waals surface area contributed by atoms with Gasteiger partial charge in [-0.25, -0.2) is 0 Å². The predicted octanol–water partition coefficient (Wildman–Crippen LogP) is 2.28. The second kappa shape index (κ2) is 4.49. The van der Waals surface area contributed by atoms with Gasteiger partial charge in [0.1, 0.15) is 5.76 Å². The van der Waals surface area contributed by atoms with Gasteiger partial charge in [-0.1, -0.05) is 5.16 Å². The van der Waals surface area contributed by atoms with E-state index in [4.69, 9.17) is 4.52 Å². The third-order valence-electron chi connectivity index (χ3n) is 2.24.